The van der Waals surface area contributed by atoms with Crippen LogP contribution in [0, 0.1) is 0 Å². The lowest BCUT2D eigenvalue weighted by atomic mass is 10.2. The Kier molecular flexibility index (Phi) is 5.18. The first-order valence-electron chi connectivity index (χ1n) is 7.10. The zero-order valence-electron chi connectivity index (χ0n) is 12.3. The minimum Gasteiger partial charge on any atom is -0.324 e. The van der Waals surface area contributed by atoms with Gasteiger partial charge in [-0.3, -0.25) is 20.4 Å². The number of thioether (sulfide) groups is 1. The lowest BCUT2D eigenvalue weighted by molar-refractivity contribution is -0.123. The number of carbonyl (C=O) groups is 2. The molecule has 2 aromatic rings. The number of fused-ring (bicyclic) bond motifs is 1. The molecule has 2 aromatic carbocycles. The number of hydrogen-bond donors (Lipinski definition) is 3. The van der Waals surface area contributed by atoms with Crippen molar-refractivity contribution in [2.75, 3.05) is 10.7 Å². The fourth-order valence-corrected chi connectivity index (χ4v) is 3.64. The Balaban J connectivity index is 1.59. The van der Waals surface area contributed by atoms with Gasteiger partial charge in [0.15, 0.2) is 0 Å². The summed E-state index contributed by atoms with van der Waals surface area (Å²) < 4.78 is 0. The fourth-order valence-electron chi connectivity index (χ4n) is 2.18. The van der Waals surface area contributed by atoms with Crippen LogP contribution >= 0.6 is 35.0 Å². The Morgan fingerprint density at radius 2 is 1.96 bits per heavy atom. The van der Waals surface area contributed by atoms with Crippen LogP contribution < -0.4 is 16.2 Å². The van der Waals surface area contributed by atoms with Crippen LogP contribution in [0.4, 0.5) is 11.4 Å². The molecular formula is C16H13Cl2N3O2S. The summed E-state index contributed by atoms with van der Waals surface area (Å²) >= 11 is 13.3. The van der Waals surface area contributed by atoms with E-state index in [1.165, 1.54) is 11.8 Å². The molecule has 8 heteroatoms. The number of nitrogens with one attached hydrogen (secondary N) is 3. The normalized spacial score (nSPS) is 16.1. The van der Waals surface area contributed by atoms with Crippen LogP contribution in [-0.2, 0) is 9.59 Å². The molecule has 0 aromatic heterocycles. The SMILES string of the molecule is O=C(C[C@H]1Sc2ccccc2NC1=O)NNc1cccc(Cl)c1Cl. The van der Waals surface area contributed by atoms with Crippen LogP contribution in [0.3, 0.4) is 0 Å². The number of benzene rings is 2. The van der Waals surface area contributed by atoms with E-state index in [0.29, 0.717) is 15.7 Å². The Labute approximate surface area is 153 Å². The van der Waals surface area contributed by atoms with Crippen molar-refractivity contribution in [3.05, 3.63) is 52.5 Å². The number of hydrogen-bond acceptors (Lipinski definition) is 4. The molecule has 0 bridgehead atoms. The fraction of sp³-hybridized carbons (Fsp3) is 0.125. The summed E-state index contributed by atoms with van der Waals surface area (Å²) in [6.07, 6.45) is 0.0377. The molecule has 1 aliphatic rings. The van der Waals surface area contributed by atoms with Crippen LogP contribution in [0.15, 0.2) is 47.4 Å². The maximum Gasteiger partial charge on any atom is 0.239 e. The first kappa shape index (κ1) is 17.0. The Hall–Kier alpha value is -1.89. The maximum absolute atomic E-state index is 12.1. The van der Waals surface area contributed by atoms with E-state index >= 15 is 0 Å². The van der Waals surface area contributed by atoms with Crippen molar-refractivity contribution >= 4 is 58.2 Å². The molecule has 0 saturated heterocycles. The number of amides is 2. The van der Waals surface area contributed by atoms with Crippen LogP contribution in [0.1, 0.15) is 6.42 Å². The monoisotopic (exact) mass is 381 g/mol. The molecule has 0 saturated carbocycles. The third-order valence-corrected chi connectivity index (χ3v) is 5.46. The minimum absolute atomic E-state index is 0.0377. The van der Waals surface area contributed by atoms with Crippen molar-refractivity contribution in [2.45, 2.75) is 16.6 Å². The van der Waals surface area contributed by atoms with E-state index in [-0.39, 0.29) is 18.2 Å². The van der Waals surface area contributed by atoms with Gasteiger partial charge in [-0.05, 0) is 24.3 Å². The molecule has 0 fully saturated rings. The predicted octanol–water partition coefficient (Wildman–Crippen LogP) is 3.94. The van der Waals surface area contributed by atoms with Gasteiger partial charge in [-0.1, -0.05) is 41.4 Å². The van der Waals surface area contributed by atoms with Gasteiger partial charge in [0.25, 0.3) is 0 Å². The highest BCUT2D eigenvalue weighted by molar-refractivity contribution is 8.01. The summed E-state index contributed by atoms with van der Waals surface area (Å²) in [7, 11) is 0. The molecule has 0 unspecified atom stereocenters. The first-order valence-corrected chi connectivity index (χ1v) is 8.73. The highest BCUT2D eigenvalue weighted by Gasteiger charge is 2.28. The van der Waals surface area contributed by atoms with Crippen LogP contribution in [-0.4, -0.2) is 17.1 Å². The summed E-state index contributed by atoms with van der Waals surface area (Å²) in [5, 5.41) is 3.02. The number of carbonyl (C=O) groups excluding carboxylic acids is 2. The highest BCUT2D eigenvalue weighted by Crippen LogP contribution is 2.36. The molecular weight excluding hydrogens is 369 g/mol. The summed E-state index contributed by atoms with van der Waals surface area (Å²) in [6.45, 7) is 0. The summed E-state index contributed by atoms with van der Waals surface area (Å²) in [5.74, 6) is -0.507. The molecule has 3 rings (SSSR count). The molecule has 3 N–H and O–H groups in total. The molecule has 124 valence electrons. The van der Waals surface area contributed by atoms with Gasteiger partial charge in [0.1, 0.15) is 0 Å². The average molecular weight is 382 g/mol. The third kappa shape index (κ3) is 3.77. The lowest BCUT2D eigenvalue weighted by Crippen LogP contribution is -2.37. The van der Waals surface area contributed by atoms with E-state index in [1.54, 1.807) is 18.2 Å². The van der Waals surface area contributed by atoms with Gasteiger partial charge in [-0.2, -0.15) is 0 Å². The zero-order chi connectivity index (χ0) is 17.1. The number of anilines is 2. The Morgan fingerprint density at radius 1 is 1.17 bits per heavy atom. The molecule has 1 aliphatic heterocycles. The standard InChI is InChI=1S/C16H13Cl2N3O2S/c17-9-4-3-6-11(15(9)18)20-21-14(22)8-13-16(23)19-10-5-1-2-7-12(10)24-13/h1-7,13,20H,8H2,(H,19,23)(H,21,22)/t13-/m1/s1. The van der Waals surface area contributed by atoms with Gasteiger partial charge in [0.2, 0.25) is 11.8 Å². The number of para-hydroxylation sites is 1. The topological polar surface area (TPSA) is 70.2 Å². The van der Waals surface area contributed by atoms with Crippen molar-refractivity contribution in [2.24, 2.45) is 0 Å². The third-order valence-electron chi connectivity index (χ3n) is 3.37. The van der Waals surface area contributed by atoms with E-state index in [1.807, 2.05) is 24.3 Å². The molecule has 1 heterocycles. The summed E-state index contributed by atoms with van der Waals surface area (Å²) in [5.41, 5.74) is 6.51. The molecule has 0 spiro atoms. The van der Waals surface area contributed by atoms with Crippen LogP contribution in [0.5, 0.6) is 0 Å². The van der Waals surface area contributed by atoms with Crippen molar-refractivity contribution in [3.63, 3.8) is 0 Å². The van der Waals surface area contributed by atoms with E-state index in [0.717, 1.165) is 10.6 Å². The number of hydrazine groups is 1. The number of halogens is 2. The van der Waals surface area contributed by atoms with Crippen LogP contribution in [0.25, 0.3) is 0 Å². The molecule has 0 radical (unpaired) electrons. The van der Waals surface area contributed by atoms with Gasteiger partial charge in [-0.15, -0.1) is 11.8 Å². The van der Waals surface area contributed by atoms with E-state index in [4.69, 9.17) is 23.2 Å². The predicted molar refractivity (Wildman–Crippen MR) is 97.6 cm³/mol. The maximum atomic E-state index is 12.1. The largest absolute Gasteiger partial charge is 0.324 e. The summed E-state index contributed by atoms with van der Waals surface area (Å²) in [4.78, 5) is 25.1. The minimum atomic E-state index is -0.489. The van der Waals surface area contributed by atoms with Crippen molar-refractivity contribution in [3.8, 4) is 0 Å². The molecule has 0 aliphatic carbocycles. The van der Waals surface area contributed by atoms with Gasteiger partial charge in [-0.25, -0.2) is 0 Å². The van der Waals surface area contributed by atoms with Crippen LogP contribution in [0.2, 0.25) is 10.0 Å². The summed E-state index contributed by atoms with van der Waals surface area (Å²) in [6, 6.07) is 12.5. The smallest absolute Gasteiger partial charge is 0.239 e. The average Bonchev–Trinajstić information content (AvgIpc) is 2.57. The second-order valence-corrected chi connectivity index (χ2v) is 7.10. The zero-order valence-corrected chi connectivity index (χ0v) is 14.6. The van der Waals surface area contributed by atoms with Gasteiger partial charge < -0.3 is 5.32 Å². The Morgan fingerprint density at radius 3 is 2.79 bits per heavy atom. The number of rotatable bonds is 4. The van der Waals surface area contributed by atoms with Gasteiger partial charge >= 0.3 is 0 Å². The van der Waals surface area contributed by atoms with E-state index in [9.17, 15) is 9.59 Å². The quantitative estimate of drug-likeness (QED) is 0.701. The second-order valence-electron chi connectivity index (χ2n) is 5.07. The second kappa shape index (κ2) is 7.34. The van der Waals surface area contributed by atoms with Gasteiger partial charge in [0.05, 0.1) is 26.7 Å². The lowest BCUT2D eigenvalue weighted by Gasteiger charge is -2.23. The first-order chi connectivity index (χ1) is 11.5. The molecule has 24 heavy (non-hydrogen) atoms. The van der Waals surface area contributed by atoms with E-state index in [2.05, 4.69) is 16.2 Å². The molecule has 5 nitrogen and oxygen atoms in total. The van der Waals surface area contributed by atoms with E-state index < -0.39 is 5.25 Å². The van der Waals surface area contributed by atoms with Crippen molar-refractivity contribution in [1.82, 2.24) is 5.43 Å². The van der Waals surface area contributed by atoms with Gasteiger partial charge in [0, 0.05) is 11.3 Å². The van der Waals surface area contributed by atoms with Crippen molar-refractivity contribution < 1.29 is 9.59 Å². The highest BCUT2D eigenvalue weighted by atomic mass is 35.5. The molecule has 2 amide bonds. The Bertz CT molecular complexity index is 801. The molecule has 1 atom stereocenters. The van der Waals surface area contributed by atoms with Crippen molar-refractivity contribution in [1.29, 1.82) is 0 Å².